The van der Waals surface area contributed by atoms with Crippen molar-refractivity contribution in [1.82, 2.24) is 15.2 Å². The van der Waals surface area contributed by atoms with E-state index >= 15 is 0 Å². The van der Waals surface area contributed by atoms with Crippen LogP contribution in [0.2, 0.25) is 0 Å². The van der Waals surface area contributed by atoms with Crippen molar-refractivity contribution in [3.8, 4) is 0 Å². The monoisotopic (exact) mass is 467 g/mol. The number of hydrogen-bond acceptors (Lipinski definition) is 11. The second kappa shape index (κ2) is 8.19. The number of cyclic esters (lactones) is 1. The number of fused-ring (bicyclic) bond motifs is 1. The number of hydrogen-bond donors (Lipinski definition) is 3. The van der Waals surface area contributed by atoms with E-state index in [-0.39, 0.29) is 34.4 Å². The molecule has 4 rings (SSSR count). The van der Waals surface area contributed by atoms with Gasteiger partial charge in [0.1, 0.15) is 36.0 Å². The van der Waals surface area contributed by atoms with E-state index in [1.165, 1.54) is 24.3 Å². The number of carboxylic acids is 1. The molecule has 3 aliphatic rings. The number of carbonyl (C=O) groups excluding carboxylic acids is 3. The van der Waals surface area contributed by atoms with Gasteiger partial charge in [0.25, 0.3) is 11.8 Å². The Balaban J connectivity index is 1.54. The van der Waals surface area contributed by atoms with Crippen LogP contribution in [0, 0.1) is 0 Å². The molecule has 4 heterocycles. The van der Waals surface area contributed by atoms with E-state index in [4.69, 9.17) is 15.3 Å². The molecule has 3 aliphatic heterocycles. The topological polar surface area (TPSA) is 174 Å². The molecular formula is C17H17N5O7S2. The number of nitrogens with zero attached hydrogens (tertiary/aromatic N) is 3. The Bertz CT molecular complexity index is 1040. The first-order valence-electron chi connectivity index (χ1n) is 9.05. The van der Waals surface area contributed by atoms with Gasteiger partial charge >= 0.3 is 11.9 Å². The molecule has 2 saturated heterocycles. The number of anilines is 1. The molecular weight excluding hydrogens is 450 g/mol. The summed E-state index contributed by atoms with van der Waals surface area (Å²) >= 11 is 2.40. The smallest absolute Gasteiger partial charge is 0.352 e. The largest absolute Gasteiger partial charge is 0.477 e. The zero-order chi connectivity index (χ0) is 22.3. The van der Waals surface area contributed by atoms with E-state index in [1.54, 1.807) is 0 Å². The number of carbonyl (C=O) groups is 4. The molecule has 3 atom stereocenters. The molecule has 0 spiro atoms. The van der Waals surface area contributed by atoms with Crippen molar-refractivity contribution in [3.05, 3.63) is 22.3 Å². The summed E-state index contributed by atoms with van der Waals surface area (Å²) in [7, 11) is 1.26. The fraction of sp³-hybridized carbons (Fsp3) is 0.412. The van der Waals surface area contributed by atoms with Gasteiger partial charge in [0, 0.05) is 23.1 Å². The maximum absolute atomic E-state index is 12.8. The Morgan fingerprint density at radius 3 is 2.81 bits per heavy atom. The highest BCUT2D eigenvalue weighted by Gasteiger charge is 2.55. The van der Waals surface area contributed by atoms with Crippen molar-refractivity contribution in [1.29, 1.82) is 0 Å². The van der Waals surface area contributed by atoms with E-state index in [9.17, 15) is 24.3 Å². The standard InChI is InChI=1S/C17H17N5O7S2/c1-28-21-10(7-5-31-17(18)19-7)13(24)20-11-14(25)22-12(16(26)27)6(4-30-15(11)22)8-2-3-9(23)29-8/h5,8,11,15H,2-4H2,1H3,(H2,18,19)(H,20,24)(H,26,27)/b21-10+/t8-,11+,15+/m0/s1. The summed E-state index contributed by atoms with van der Waals surface area (Å²) in [6.07, 6.45) is -0.0969. The zero-order valence-corrected chi connectivity index (χ0v) is 17.7. The molecule has 31 heavy (non-hydrogen) atoms. The third kappa shape index (κ3) is 3.72. The van der Waals surface area contributed by atoms with Crippen molar-refractivity contribution in [3.63, 3.8) is 0 Å². The Kier molecular flexibility index (Phi) is 5.58. The Morgan fingerprint density at radius 2 is 2.23 bits per heavy atom. The first kappa shape index (κ1) is 21.1. The normalized spacial score (nSPS) is 25.6. The van der Waals surface area contributed by atoms with E-state index in [2.05, 4.69) is 15.5 Å². The van der Waals surface area contributed by atoms with Crippen LogP contribution >= 0.6 is 23.1 Å². The summed E-state index contributed by atoms with van der Waals surface area (Å²) in [5.74, 6) is -2.73. The number of ether oxygens (including phenoxy) is 1. The van der Waals surface area contributed by atoms with Gasteiger partial charge in [-0.3, -0.25) is 19.3 Å². The SMILES string of the molecule is CO/N=C(/C(=O)N[C@@H]1C(=O)N2C(C(=O)O)=C([C@@H]3CCC(=O)O3)CS[C@H]12)c1csc(N)n1. The predicted molar refractivity (Wildman–Crippen MR) is 109 cm³/mol. The van der Waals surface area contributed by atoms with E-state index < -0.39 is 41.3 Å². The minimum atomic E-state index is -1.29. The Morgan fingerprint density at radius 1 is 1.45 bits per heavy atom. The second-order valence-electron chi connectivity index (χ2n) is 6.75. The minimum Gasteiger partial charge on any atom is -0.477 e. The number of amides is 2. The van der Waals surface area contributed by atoms with Crippen molar-refractivity contribution >= 4 is 57.7 Å². The van der Waals surface area contributed by atoms with E-state index in [0.717, 1.165) is 16.2 Å². The van der Waals surface area contributed by atoms with Gasteiger partial charge in [0.15, 0.2) is 10.8 Å². The van der Waals surface area contributed by atoms with Gasteiger partial charge in [-0.05, 0) is 6.42 Å². The van der Waals surface area contributed by atoms with Crippen LogP contribution in [0.3, 0.4) is 0 Å². The number of thiazole rings is 1. The van der Waals surface area contributed by atoms with Gasteiger partial charge in [0.2, 0.25) is 0 Å². The minimum absolute atomic E-state index is 0.157. The Labute approximate surface area is 183 Å². The summed E-state index contributed by atoms with van der Waals surface area (Å²) in [6, 6.07) is -0.961. The van der Waals surface area contributed by atoms with Crippen LogP contribution in [0.1, 0.15) is 18.5 Å². The van der Waals surface area contributed by atoms with Crippen LogP contribution in [-0.4, -0.2) is 74.8 Å². The molecule has 0 bridgehead atoms. The summed E-state index contributed by atoms with van der Waals surface area (Å²) < 4.78 is 5.20. The van der Waals surface area contributed by atoms with Gasteiger partial charge in [-0.1, -0.05) is 5.16 Å². The molecule has 2 amide bonds. The lowest BCUT2D eigenvalue weighted by molar-refractivity contribution is -0.150. The van der Waals surface area contributed by atoms with E-state index in [0.29, 0.717) is 12.0 Å². The second-order valence-corrected chi connectivity index (χ2v) is 8.75. The van der Waals surface area contributed by atoms with Crippen molar-refractivity contribution in [2.24, 2.45) is 5.16 Å². The molecule has 1 aromatic rings. The predicted octanol–water partition coefficient (Wildman–Crippen LogP) is -0.480. The number of β-lactam (4-membered cyclic amide) rings is 1. The fourth-order valence-electron chi connectivity index (χ4n) is 3.56. The highest BCUT2D eigenvalue weighted by atomic mass is 32.2. The van der Waals surface area contributed by atoms with Crippen LogP contribution in [0.4, 0.5) is 5.13 Å². The lowest BCUT2D eigenvalue weighted by Gasteiger charge is -2.49. The highest BCUT2D eigenvalue weighted by Crippen LogP contribution is 2.42. The summed E-state index contributed by atoms with van der Waals surface area (Å²) in [5, 5.41) is 17.1. The van der Waals surface area contributed by atoms with Crippen LogP contribution in [0.15, 0.2) is 21.8 Å². The third-order valence-corrected chi connectivity index (χ3v) is 6.90. The van der Waals surface area contributed by atoms with Crippen molar-refractivity contribution in [2.75, 3.05) is 18.6 Å². The van der Waals surface area contributed by atoms with Crippen LogP contribution in [-0.2, 0) is 28.8 Å². The number of aromatic nitrogens is 1. The number of aliphatic carboxylic acids is 1. The molecule has 0 aromatic carbocycles. The molecule has 12 nitrogen and oxygen atoms in total. The molecule has 14 heteroatoms. The summed E-state index contributed by atoms with van der Waals surface area (Å²) in [5.41, 5.74) is 5.83. The molecule has 0 radical (unpaired) electrons. The van der Waals surface area contributed by atoms with Gasteiger partial charge < -0.3 is 25.7 Å². The number of nitrogens with two attached hydrogens (primary N) is 1. The van der Waals surface area contributed by atoms with Crippen LogP contribution in [0.5, 0.6) is 0 Å². The summed E-state index contributed by atoms with van der Waals surface area (Å²) in [4.78, 5) is 58.7. The summed E-state index contributed by atoms with van der Waals surface area (Å²) in [6.45, 7) is 0. The van der Waals surface area contributed by atoms with E-state index in [1.807, 2.05) is 0 Å². The lowest BCUT2D eigenvalue weighted by atomic mass is 9.99. The number of nitrogens with one attached hydrogen (secondary N) is 1. The first-order chi connectivity index (χ1) is 14.8. The average molecular weight is 467 g/mol. The molecule has 0 unspecified atom stereocenters. The number of nitrogen functional groups attached to an aromatic ring is 1. The zero-order valence-electron chi connectivity index (χ0n) is 16.1. The highest BCUT2D eigenvalue weighted by molar-refractivity contribution is 8.00. The maximum Gasteiger partial charge on any atom is 0.352 e. The van der Waals surface area contributed by atoms with Crippen molar-refractivity contribution in [2.45, 2.75) is 30.4 Å². The fourth-order valence-corrected chi connectivity index (χ4v) is 5.52. The van der Waals surface area contributed by atoms with Gasteiger partial charge in [0.05, 0.1) is 0 Å². The quantitative estimate of drug-likeness (QED) is 0.215. The molecule has 0 aliphatic carbocycles. The number of thioether (sulfide) groups is 1. The van der Waals surface area contributed by atoms with Crippen molar-refractivity contribution < 1.29 is 33.9 Å². The molecule has 0 saturated carbocycles. The number of rotatable bonds is 6. The maximum atomic E-state index is 12.8. The first-order valence-corrected chi connectivity index (χ1v) is 11.0. The van der Waals surface area contributed by atoms with Crippen LogP contribution in [0.25, 0.3) is 0 Å². The molecule has 1 aromatic heterocycles. The Hall–Kier alpha value is -3.13. The number of carboxylic acid groups (broad SMARTS) is 1. The molecule has 4 N–H and O–H groups in total. The molecule has 164 valence electrons. The molecule has 2 fully saturated rings. The van der Waals surface area contributed by atoms with Gasteiger partial charge in [-0.2, -0.15) is 0 Å². The van der Waals surface area contributed by atoms with Gasteiger partial charge in [-0.25, -0.2) is 9.78 Å². The van der Waals surface area contributed by atoms with Crippen LogP contribution < -0.4 is 11.1 Å². The average Bonchev–Trinajstić information content (AvgIpc) is 3.36. The lowest BCUT2D eigenvalue weighted by Crippen LogP contribution is -2.71. The number of oxime groups is 1. The number of esters is 1. The third-order valence-electron chi connectivity index (χ3n) is 4.92. The van der Waals surface area contributed by atoms with Gasteiger partial charge in [-0.15, -0.1) is 23.1 Å².